The van der Waals surface area contributed by atoms with Crippen LogP contribution in [0.3, 0.4) is 0 Å². The van der Waals surface area contributed by atoms with Gasteiger partial charge in [0.05, 0.1) is 19.3 Å². The molecule has 1 heterocycles. The first-order valence-electron chi connectivity index (χ1n) is 6.21. The van der Waals surface area contributed by atoms with E-state index in [0.717, 1.165) is 32.9 Å². The van der Waals surface area contributed by atoms with Gasteiger partial charge in [-0.3, -0.25) is 4.90 Å². The van der Waals surface area contributed by atoms with Crippen molar-refractivity contribution in [2.24, 2.45) is 0 Å². The van der Waals surface area contributed by atoms with Crippen LogP contribution in [0.25, 0.3) is 0 Å². The monoisotopic (exact) mass is 215 g/mol. The van der Waals surface area contributed by atoms with Crippen LogP contribution >= 0.6 is 0 Å². The van der Waals surface area contributed by atoms with E-state index >= 15 is 0 Å². The molecule has 0 radical (unpaired) electrons. The zero-order valence-electron chi connectivity index (χ0n) is 10.2. The molecule has 0 aliphatic carbocycles. The first kappa shape index (κ1) is 12.9. The normalized spacial score (nSPS) is 18.6. The number of rotatable bonds is 7. The lowest BCUT2D eigenvalue weighted by Gasteiger charge is -2.26. The van der Waals surface area contributed by atoms with Crippen LogP contribution in [0.1, 0.15) is 33.1 Å². The fourth-order valence-corrected chi connectivity index (χ4v) is 1.76. The van der Waals surface area contributed by atoms with E-state index in [2.05, 4.69) is 18.7 Å². The number of ether oxygens (including phenoxy) is 2. The number of morpholine rings is 1. The molecule has 0 N–H and O–H groups in total. The minimum absolute atomic E-state index is 0.379. The van der Waals surface area contributed by atoms with Crippen molar-refractivity contribution in [3.8, 4) is 0 Å². The molecule has 3 nitrogen and oxygen atoms in total. The third kappa shape index (κ3) is 6.88. The molecule has 0 saturated carbocycles. The van der Waals surface area contributed by atoms with E-state index in [1.54, 1.807) is 0 Å². The molecule has 1 saturated heterocycles. The van der Waals surface area contributed by atoms with Crippen LogP contribution in [0.15, 0.2) is 0 Å². The van der Waals surface area contributed by atoms with E-state index < -0.39 is 0 Å². The Bertz CT molecular complexity index is 145. The second-order valence-corrected chi connectivity index (χ2v) is 4.43. The number of hydrogen-bond acceptors (Lipinski definition) is 3. The van der Waals surface area contributed by atoms with Gasteiger partial charge in [0, 0.05) is 19.7 Å². The van der Waals surface area contributed by atoms with Gasteiger partial charge in [-0.1, -0.05) is 0 Å². The summed E-state index contributed by atoms with van der Waals surface area (Å²) in [6, 6.07) is 0. The average molecular weight is 215 g/mol. The summed E-state index contributed by atoms with van der Waals surface area (Å²) in [5.74, 6) is 0. The van der Waals surface area contributed by atoms with E-state index in [1.807, 2.05) is 0 Å². The second kappa shape index (κ2) is 8.08. The van der Waals surface area contributed by atoms with Crippen molar-refractivity contribution in [3.63, 3.8) is 0 Å². The summed E-state index contributed by atoms with van der Waals surface area (Å²) in [7, 11) is 0. The smallest absolute Gasteiger partial charge is 0.0594 e. The molecule has 1 aliphatic rings. The maximum atomic E-state index is 5.50. The third-order valence-corrected chi connectivity index (χ3v) is 2.67. The minimum atomic E-state index is 0.379. The van der Waals surface area contributed by atoms with Gasteiger partial charge in [-0.2, -0.15) is 0 Å². The number of unbranched alkanes of at least 4 members (excludes halogenated alkanes) is 2. The summed E-state index contributed by atoms with van der Waals surface area (Å²) < 4.78 is 10.8. The Hall–Kier alpha value is -0.120. The van der Waals surface area contributed by atoms with Gasteiger partial charge >= 0.3 is 0 Å². The van der Waals surface area contributed by atoms with E-state index in [1.165, 1.54) is 25.8 Å². The lowest BCUT2D eigenvalue weighted by Crippen LogP contribution is -2.36. The van der Waals surface area contributed by atoms with Crippen LogP contribution in [0.2, 0.25) is 0 Å². The van der Waals surface area contributed by atoms with Crippen LogP contribution in [0, 0.1) is 0 Å². The van der Waals surface area contributed by atoms with Crippen LogP contribution in [0.5, 0.6) is 0 Å². The molecule has 15 heavy (non-hydrogen) atoms. The summed E-state index contributed by atoms with van der Waals surface area (Å²) in [5.41, 5.74) is 0. The molecule has 1 aliphatic heterocycles. The summed E-state index contributed by atoms with van der Waals surface area (Å²) in [5, 5.41) is 0. The van der Waals surface area contributed by atoms with Crippen LogP contribution in [0.4, 0.5) is 0 Å². The Morgan fingerprint density at radius 1 is 1.13 bits per heavy atom. The van der Waals surface area contributed by atoms with E-state index in [0.29, 0.717) is 6.10 Å². The molecule has 0 aromatic heterocycles. The van der Waals surface area contributed by atoms with Gasteiger partial charge in [0.15, 0.2) is 0 Å². The van der Waals surface area contributed by atoms with Crippen LogP contribution in [-0.2, 0) is 9.47 Å². The van der Waals surface area contributed by atoms with E-state index in [-0.39, 0.29) is 0 Å². The zero-order valence-corrected chi connectivity index (χ0v) is 10.2. The van der Waals surface area contributed by atoms with E-state index in [4.69, 9.17) is 9.47 Å². The topological polar surface area (TPSA) is 21.7 Å². The summed E-state index contributed by atoms with van der Waals surface area (Å²) in [6.45, 7) is 10.4. The van der Waals surface area contributed by atoms with Crippen LogP contribution in [-0.4, -0.2) is 50.5 Å². The highest BCUT2D eigenvalue weighted by molar-refractivity contribution is 4.61. The van der Waals surface area contributed by atoms with Crippen molar-refractivity contribution < 1.29 is 9.47 Å². The van der Waals surface area contributed by atoms with Crippen LogP contribution < -0.4 is 0 Å². The highest BCUT2D eigenvalue weighted by Gasteiger charge is 2.08. The Kier molecular flexibility index (Phi) is 6.98. The van der Waals surface area contributed by atoms with Crippen molar-refractivity contribution in [1.82, 2.24) is 4.90 Å². The molecular formula is C12H25NO2. The highest BCUT2D eigenvalue weighted by Crippen LogP contribution is 2.03. The van der Waals surface area contributed by atoms with Crippen molar-refractivity contribution in [3.05, 3.63) is 0 Å². The summed E-state index contributed by atoms with van der Waals surface area (Å²) >= 11 is 0. The molecule has 1 rings (SSSR count). The van der Waals surface area contributed by atoms with Crippen molar-refractivity contribution >= 4 is 0 Å². The first-order chi connectivity index (χ1) is 7.29. The minimum Gasteiger partial charge on any atom is -0.379 e. The standard InChI is InChI=1S/C12H25NO2/c1-12(2)15-9-5-3-4-6-13-7-10-14-11-8-13/h12H,3-11H2,1-2H3. The fraction of sp³-hybridized carbons (Fsp3) is 1.00. The van der Waals surface area contributed by atoms with Gasteiger partial charge in [-0.25, -0.2) is 0 Å². The second-order valence-electron chi connectivity index (χ2n) is 4.43. The van der Waals surface area contributed by atoms with Crippen molar-refractivity contribution in [2.45, 2.75) is 39.2 Å². The summed E-state index contributed by atoms with van der Waals surface area (Å²) in [4.78, 5) is 2.49. The Morgan fingerprint density at radius 3 is 2.53 bits per heavy atom. The van der Waals surface area contributed by atoms with Gasteiger partial charge in [0.2, 0.25) is 0 Å². The van der Waals surface area contributed by atoms with Gasteiger partial charge in [0.25, 0.3) is 0 Å². The largest absolute Gasteiger partial charge is 0.379 e. The molecular weight excluding hydrogens is 190 g/mol. The molecule has 1 fully saturated rings. The maximum absolute atomic E-state index is 5.50. The third-order valence-electron chi connectivity index (χ3n) is 2.67. The number of hydrogen-bond donors (Lipinski definition) is 0. The molecule has 0 atom stereocenters. The molecule has 0 bridgehead atoms. The predicted molar refractivity (Wildman–Crippen MR) is 62.2 cm³/mol. The van der Waals surface area contributed by atoms with Crippen molar-refractivity contribution in [2.75, 3.05) is 39.5 Å². The molecule has 3 heteroatoms. The molecule has 0 amide bonds. The zero-order chi connectivity index (χ0) is 10.9. The highest BCUT2D eigenvalue weighted by atomic mass is 16.5. The first-order valence-corrected chi connectivity index (χ1v) is 6.21. The van der Waals surface area contributed by atoms with Gasteiger partial charge in [-0.05, 0) is 39.7 Å². The predicted octanol–water partition coefficient (Wildman–Crippen LogP) is 1.91. The quantitative estimate of drug-likeness (QED) is 0.606. The Labute approximate surface area is 93.7 Å². The Balaban J connectivity index is 1.83. The van der Waals surface area contributed by atoms with Crippen molar-refractivity contribution in [1.29, 1.82) is 0 Å². The maximum Gasteiger partial charge on any atom is 0.0594 e. The lowest BCUT2D eigenvalue weighted by molar-refractivity contribution is 0.0361. The lowest BCUT2D eigenvalue weighted by atomic mass is 10.2. The molecule has 90 valence electrons. The van der Waals surface area contributed by atoms with Gasteiger partial charge < -0.3 is 9.47 Å². The van der Waals surface area contributed by atoms with Gasteiger partial charge in [-0.15, -0.1) is 0 Å². The molecule has 0 aromatic carbocycles. The average Bonchev–Trinajstić information content (AvgIpc) is 2.24. The summed E-state index contributed by atoms with van der Waals surface area (Å²) in [6.07, 6.45) is 4.15. The number of nitrogens with zero attached hydrogens (tertiary/aromatic N) is 1. The fourth-order valence-electron chi connectivity index (χ4n) is 1.76. The SMILES string of the molecule is CC(C)OCCCCCN1CCOCC1. The molecule has 0 spiro atoms. The van der Waals surface area contributed by atoms with Gasteiger partial charge in [0.1, 0.15) is 0 Å². The molecule has 0 aromatic rings. The molecule has 0 unspecified atom stereocenters. The van der Waals surface area contributed by atoms with E-state index in [9.17, 15) is 0 Å². The Morgan fingerprint density at radius 2 is 1.87 bits per heavy atom.